The molecule has 0 bridgehead atoms. The van der Waals surface area contributed by atoms with E-state index in [1.165, 1.54) is 38.1 Å². The van der Waals surface area contributed by atoms with Gasteiger partial charge < -0.3 is 15.4 Å². The zero-order valence-electron chi connectivity index (χ0n) is 16.6. The molecule has 0 aromatic heterocycles. The van der Waals surface area contributed by atoms with E-state index in [1.807, 2.05) is 20.8 Å². The average molecular weight is 413 g/mol. The maximum atomic E-state index is 12.4. The van der Waals surface area contributed by atoms with Crippen molar-refractivity contribution in [3.63, 3.8) is 0 Å². The third-order valence-electron chi connectivity index (χ3n) is 3.90. The minimum Gasteiger partial charge on any atom is -0.454 e. The second-order valence-electron chi connectivity index (χ2n) is 6.76. The molecule has 1 aromatic carbocycles. The number of nitrogens with one attached hydrogen (secondary N) is 3. The van der Waals surface area contributed by atoms with E-state index in [2.05, 4.69) is 15.4 Å². The molecule has 0 heterocycles. The van der Waals surface area contributed by atoms with Crippen LogP contribution in [0.15, 0.2) is 29.2 Å². The van der Waals surface area contributed by atoms with Crippen molar-refractivity contribution < 1.29 is 27.5 Å². The lowest BCUT2D eigenvalue weighted by Gasteiger charge is -2.18. The predicted molar refractivity (Wildman–Crippen MR) is 104 cm³/mol. The largest absolute Gasteiger partial charge is 0.454 e. The molecule has 0 aliphatic rings. The van der Waals surface area contributed by atoms with Gasteiger partial charge in [-0.2, -0.15) is 4.72 Å². The zero-order valence-corrected chi connectivity index (χ0v) is 17.4. The Balaban J connectivity index is 2.62. The van der Waals surface area contributed by atoms with Crippen LogP contribution in [0.1, 0.15) is 34.6 Å². The molecule has 0 spiro atoms. The zero-order chi connectivity index (χ0) is 21.5. The number of hydrogen-bond acceptors (Lipinski definition) is 6. The second-order valence-corrected chi connectivity index (χ2v) is 8.47. The van der Waals surface area contributed by atoms with E-state index in [4.69, 9.17) is 4.74 Å². The number of sulfonamides is 1. The Morgan fingerprint density at radius 3 is 2.11 bits per heavy atom. The number of carbonyl (C=O) groups is 3. The van der Waals surface area contributed by atoms with Gasteiger partial charge in [0.05, 0.1) is 4.90 Å². The highest BCUT2D eigenvalue weighted by Crippen LogP contribution is 2.14. The monoisotopic (exact) mass is 413 g/mol. The van der Waals surface area contributed by atoms with Gasteiger partial charge in [-0.05, 0) is 44.0 Å². The van der Waals surface area contributed by atoms with Crippen LogP contribution in [0.2, 0.25) is 0 Å². The molecule has 3 N–H and O–H groups in total. The molecule has 0 aliphatic heterocycles. The number of carbonyl (C=O) groups excluding carboxylic acids is 3. The topological polar surface area (TPSA) is 131 Å². The number of anilines is 1. The summed E-state index contributed by atoms with van der Waals surface area (Å²) >= 11 is 0. The third kappa shape index (κ3) is 7.65. The number of benzene rings is 1. The summed E-state index contributed by atoms with van der Waals surface area (Å²) in [7, 11) is -3.98. The lowest BCUT2D eigenvalue weighted by molar-refractivity contribution is -0.150. The Morgan fingerprint density at radius 2 is 1.61 bits per heavy atom. The van der Waals surface area contributed by atoms with Crippen molar-refractivity contribution in [2.75, 3.05) is 11.9 Å². The SMILES string of the molecule is CC(=O)Nc1ccc(S(=O)(=O)N[C@@H](C)C(=O)OCC(=O)N[C@H](C)C(C)C)cc1. The van der Waals surface area contributed by atoms with E-state index in [0.717, 1.165) is 0 Å². The summed E-state index contributed by atoms with van der Waals surface area (Å²) < 4.78 is 31.8. The molecule has 0 unspecified atom stereocenters. The maximum Gasteiger partial charge on any atom is 0.324 e. The van der Waals surface area contributed by atoms with Crippen LogP contribution in [0.5, 0.6) is 0 Å². The predicted octanol–water partition coefficient (Wildman–Crippen LogP) is 1.02. The molecule has 0 saturated heterocycles. The Bertz CT molecular complexity index is 805. The first-order chi connectivity index (χ1) is 12.9. The van der Waals surface area contributed by atoms with Gasteiger partial charge in [-0.1, -0.05) is 13.8 Å². The van der Waals surface area contributed by atoms with E-state index in [1.54, 1.807) is 0 Å². The van der Waals surface area contributed by atoms with Crippen LogP contribution in [-0.2, 0) is 29.1 Å². The van der Waals surface area contributed by atoms with Gasteiger partial charge in [0.2, 0.25) is 15.9 Å². The van der Waals surface area contributed by atoms with Crippen molar-refractivity contribution in [3.8, 4) is 0 Å². The minimum atomic E-state index is -3.98. The summed E-state index contributed by atoms with van der Waals surface area (Å²) in [5, 5.41) is 5.21. The molecular formula is C18H27N3O6S. The smallest absolute Gasteiger partial charge is 0.324 e. The molecule has 28 heavy (non-hydrogen) atoms. The number of amides is 2. The van der Waals surface area contributed by atoms with Crippen LogP contribution in [0.25, 0.3) is 0 Å². The van der Waals surface area contributed by atoms with E-state index in [9.17, 15) is 22.8 Å². The van der Waals surface area contributed by atoms with Crippen LogP contribution in [-0.4, -0.2) is 44.9 Å². The third-order valence-corrected chi connectivity index (χ3v) is 5.46. The van der Waals surface area contributed by atoms with Crippen molar-refractivity contribution in [1.82, 2.24) is 10.0 Å². The quantitative estimate of drug-likeness (QED) is 0.518. The summed E-state index contributed by atoms with van der Waals surface area (Å²) in [6.45, 7) is 7.88. The Labute approximate surface area is 165 Å². The first-order valence-electron chi connectivity index (χ1n) is 8.78. The average Bonchev–Trinajstić information content (AvgIpc) is 2.59. The molecule has 0 aliphatic carbocycles. The van der Waals surface area contributed by atoms with Gasteiger partial charge >= 0.3 is 5.97 Å². The van der Waals surface area contributed by atoms with Crippen LogP contribution in [0.4, 0.5) is 5.69 Å². The van der Waals surface area contributed by atoms with Gasteiger partial charge in [-0.25, -0.2) is 8.42 Å². The van der Waals surface area contributed by atoms with Crippen LogP contribution in [0, 0.1) is 5.92 Å². The minimum absolute atomic E-state index is 0.0789. The molecule has 0 fully saturated rings. The highest BCUT2D eigenvalue weighted by Gasteiger charge is 2.24. The summed E-state index contributed by atoms with van der Waals surface area (Å²) in [6.07, 6.45) is 0. The standard InChI is InChI=1S/C18H27N3O6S/c1-11(2)12(3)19-17(23)10-27-18(24)13(4)21-28(25,26)16-8-6-15(7-9-16)20-14(5)22/h6-9,11-13,21H,10H2,1-5H3,(H,19,23)(H,20,22)/t12-,13+/m1/s1. The lowest BCUT2D eigenvalue weighted by Crippen LogP contribution is -2.42. The molecule has 9 nitrogen and oxygen atoms in total. The lowest BCUT2D eigenvalue weighted by atomic mass is 10.1. The van der Waals surface area contributed by atoms with E-state index < -0.39 is 34.5 Å². The molecule has 10 heteroatoms. The highest BCUT2D eigenvalue weighted by molar-refractivity contribution is 7.89. The fraction of sp³-hybridized carbons (Fsp3) is 0.500. The molecule has 0 saturated carbocycles. The van der Waals surface area contributed by atoms with Gasteiger partial charge in [0.15, 0.2) is 6.61 Å². The number of rotatable bonds is 9. The van der Waals surface area contributed by atoms with E-state index in [0.29, 0.717) is 5.69 Å². The molecule has 156 valence electrons. The fourth-order valence-electron chi connectivity index (χ4n) is 1.99. The van der Waals surface area contributed by atoms with Crippen molar-refractivity contribution in [3.05, 3.63) is 24.3 Å². The fourth-order valence-corrected chi connectivity index (χ4v) is 3.19. The second kappa shape index (κ2) is 10.2. The van der Waals surface area contributed by atoms with Crippen LogP contribution >= 0.6 is 0 Å². The Morgan fingerprint density at radius 1 is 1.04 bits per heavy atom. The summed E-state index contributed by atoms with van der Waals surface area (Å²) in [6, 6.07) is 4.19. The van der Waals surface area contributed by atoms with Crippen molar-refractivity contribution in [2.45, 2.75) is 51.6 Å². The van der Waals surface area contributed by atoms with Gasteiger partial charge in [-0.3, -0.25) is 14.4 Å². The number of ether oxygens (including phenoxy) is 1. The van der Waals surface area contributed by atoms with Crippen LogP contribution < -0.4 is 15.4 Å². The van der Waals surface area contributed by atoms with E-state index >= 15 is 0 Å². The van der Waals surface area contributed by atoms with Gasteiger partial charge in [-0.15, -0.1) is 0 Å². The normalized spacial score (nSPS) is 13.5. The van der Waals surface area contributed by atoms with Crippen molar-refractivity contribution in [2.24, 2.45) is 5.92 Å². The maximum absolute atomic E-state index is 12.4. The van der Waals surface area contributed by atoms with Crippen molar-refractivity contribution in [1.29, 1.82) is 0 Å². The number of hydrogen-bond donors (Lipinski definition) is 3. The molecular weight excluding hydrogens is 386 g/mol. The highest BCUT2D eigenvalue weighted by atomic mass is 32.2. The summed E-state index contributed by atoms with van der Waals surface area (Å²) in [5.41, 5.74) is 0.445. The first kappa shape index (κ1) is 23.6. The van der Waals surface area contributed by atoms with Gasteiger partial charge in [0, 0.05) is 18.7 Å². The van der Waals surface area contributed by atoms with Crippen molar-refractivity contribution >= 4 is 33.5 Å². The molecule has 1 rings (SSSR count). The molecule has 1 aromatic rings. The molecule has 2 amide bonds. The molecule has 0 radical (unpaired) electrons. The summed E-state index contributed by atoms with van der Waals surface area (Å²) in [4.78, 5) is 34.6. The Hall–Kier alpha value is -2.46. The van der Waals surface area contributed by atoms with Gasteiger partial charge in [0.25, 0.3) is 5.91 Å². The van der Waals surface area contributed by atoms with E-state index in [-0.39, 0.29) is 22.8 Å². The molecule has 2 atom stereocenters. The Kier molecular flexibility index (Phi) is 8.58. The first-order valence-corrected chi connectivity index (χ1v) is 10.3. The van der Waals surface area contributed by atoms with Crippen LogP contribution in [0.3, 0.4) is 0 Å². The summed E-state index contributed by atoms with van der Waals surface area (Å²) in [5.74, 6) is -1.39. The number of esters is 1. The van der Waals surface area contributed by atoms with Gasteiger partial charge in [0.1, 0.15) is 6.04 Å².